The SMILES string of the molecule is C=C1COC2(CCC2)O1. The van der Waals surface area contributed by atoms with Crippen LogP contribution in [0.25, 0.3) is 0 Å². The Balaban J connectivity index is 2.07. The molecule has 50 valence electrons. The first-order valence-electron chi connectivity index (χ1n) is 3.32. The van der Waals surface area contributed by atoms with E-state index in [1.807, 2.05) is 0 Å². The molecule has 2 fully saturated rings. The van der Waals surface area contributed by atoms with E-state index in [2.05, 4.69) is 6.58 Å². The minimum absolute atomic E-state index is 0.211. The molecular weight excluding hydrogens is 116 g/mol. The quantitative estimate of drug-likeness (QED) is 0.488. The lowest BCUT2D eigenvalue weighted by atomic mass is 9.92. The number of hydrogen-bond acceptors (Lipinski definition) is 2. The van der Waals surface area contributed by atoms with Gasteiger partial charge in [-0.15, -0.1) is 0 Å². The first kappa shape index (κ1) is 5.30. The van der Waals surface area contributed by atoms with Crippen molar-refractivity contribution in [3.05, 3.63) is 12.3 Å². The maximum Gasteiger partial charge on any atom is 0.210 e. The van der Waals surface area contributed by atoms with Crippen LogP contribution in [-0.2, 0) is 9.47 Å². The molecule has 1 spiro atoms. The topological polar surface area (TPSA) is 18.5 Å². The third kappa shape index (κ3) is 0.663. The number of ether oxygens (including phenoxy) is 2. The van der Waals surface area contributed by atoms with Gasteiger partial charge in [0.05, 0.1) is 0 Å². The van der Waals surface area contributed by atoms with E-state index in [0.717, 1.165) is 18.6 Å². The predicted molar refractivity (Wildman–Crippen MR) is 32.8 cm³/mol. The van der Waals surface area contributed by atoms with Crippen LogP contribution in [-0.4, -0.2) is 12.4 Å². The summed E-state index contributed by atoms with van der Waals surface area (Å²) in [5.74, 6) is 0.576. The van der Waals surface area contributed by atoms with E-state index in [1.165, 1.54) is 6.42 Å². The Morgan fingerprint density at radius 1 is 1.44 bits per heavy atom. The molecule has 2 aliphatic rings. The lowest BCUT2D eigenvalue weighted by molar-refractivity contribution is -0.198. The number of hydrogen-bond donors (Lipinski definition) is 0. The second-order valence-corrected chi connectivity index (χ2v) is 2.69. The van der Waals surface area contributed by atoms with Crippen molar-refractivity contribution in [2.24, 2.45) is 0 Å². The van der Waals surface area contributed by atoms with Gasteiger partial charge in [0.1, 0.15) is 12.4 Å². The van der Waals surface area contributed by atoms with E-state index >= 15 is 0 Å². The van der Waals surface area contributed by atoms with E-state index < -0.39 is 0 Å². The van der Waals surface area contributed by atoms with Gasteiger partial charge in [0.2, 0.25) is 5.79 Å². The second kappa shape index (κ2) is 1.51. The van der Waals surface area contributed by atoms with Gasteiger partial charge in [-0.05, 0) is 6.42 Å². The summed E-state index contributed by atoms with van der Waals surface area (Å²) >= 11 is 0. The molecule has 0 aromatic carbocycles. The Bertz CT molecular complexity index is 147. The Morgan fingerprint density at radius 3 is 2.44 bits per heavy atom. The van der Waals surface area contributed by atoms with Gasteiger partial charge in [0, 0.05) is 12.8 Å². The maximum atomic E-state index is 5.37. The standard InChI is InChI=1S/C7H10O2/c1-6-5-8-7(9-6)3-2-4-7/h1-5H2. The first-order chi connectivity index (χ1) is 4.31. The summed E-state index contributed by atoms with van der Waals surface area (Å²) in [6.07, 6.45) is 3.32. The number of rotatable bonds is 0. The molecule has 0 radical (unpaired) electrons. The van der Waals surface area contributed by atoms with Crippen LogP contribution in [0.2, 0.25) is 0 Å². The van der Waals surface area contributed by atoms with Crippen LogP contribution in [0.3, 0.4) is 0 Å². The van der Waals surface area contributed by atoms with Crippen LogP contribution in [0, 0.1) is 0 Å². The smallest absolute Gasteiger partial charge is 0.210 e. The zero-order chi connectivity index (χ0) is 6.32. The van der Waals surface area contributed by atoms with Crippen molar-refractivity contribution in [2.75, 3.05) is 6.61 Å². The summed E-state index contributed by atoms with van der Waals surface area (Å²) in [6.45, 7) is 4.28. The molecule has 9 heavy (non-hydrogen) atoms. The van der Waals surface area contributed by atoms with Gasteiger partial charge in [-0.2, -0.15) is 0 Å². The van der Waals surface area contributed by atoms with Crippen LogP contribution in [0.5, 0.6) is 0 Å². The Morgan fingerprint density at radius 2 is 2.22 bits per heavy atom. The third-order valence-corrected chi connectivity index (χ3v) is 1.94. The van der Waals surface area contributed by atoms with Gasteiger partial charge in [-0.1, -0.05) is 6.58 Å². The van der Waals surface area contributed by atoms with Crippen molar-refractivity contribution < 1.29 is 9.47 Å². The van der Waals surface area contributed by atoms with Crippen molar-refractivity contribution in [1.29, 1.82) is 0 Å². The molecule has 0 atom stereocenters. The normalized spacial score (nSPS) is 30.0. The molecule has 2 nitrogen and oxygen atoms in total. The minimum atomic E-state index is -0.211. The third-order valence-electron chi connectivity index (χ3n) is 1.94. The molecule has 2 heteroatoms. The summed E-state index contributed by atoms with van der Waals surface area (Å²) in [5, 5.41) is 0. The monoisotopic (exact) mass is 126 g/mol. The van der Waals surface area contributed by atoms with Crippen LogP contribution >= 0.6 is 0 Å². The average molecular weight is 126 g/mol. The van der Waals surface area contributed by atoms with E-state index in [4.69, 9.17) is 9.47 Å². The molecule has 0 aromatic heterocycles. The average Bonchev–Trinajstić information content (AvgIpc) is 2.09. The highest BCUT2D eigenvalue weighted by Crippen LogP contribution is 2.42. The summed E-state index contributed by atoms with van der Waals surface area (Å²) in [4.78, 5) is 0. The van der Waals surface area contributed by atoms with Gasteiger partial charge in [0.15, 0.2) is 0 Å². The van der Waals surface area contributed by atoms with Crippen LogP contribution in [0.15, 0.2) is 12.3 Å². The molecule has 0 aromatic rings. The molecule has 0 N–H and O–H groups in total. The molecule has 2 rings (SSSR count). The maximum absolute atomic E-state index is 5.37. The van der Waals surface area contributed by atoms with Crippen molar-refractivity contribution in [2.45, 2.75) is 25.0 Å². The van der Waals surface area contributed by atoms with Gasteiger partial charge in [0.25, 0.3) is 0 Å². The second-order valence-electron chi connectivity index (χ2n) is 2.69. The molecule has 1 heterocycles. The molecule has 0 bridgehead atoms. The van der Waals surface area contributed by atoms with E-state index in [0.29, 0.717) is 6.61 Å². The fourth-order valence-electron chi connectivity index (χ4n) is 1.25. The summed E-state index contributed by atoms with van der Waals surface area (Å²) in [6, 6.07) is 0. The predicted octanol–water partition coefficient (Wildman–Crippen LogP) is 1.43. The van der Waals surface area contributed by atoms with Crippen molar-refractivity contribution >= 4 is 0 Å². The fourth-order valence-corrected chi connectivity index (χ4v) is 1.25. The molecular formula is C7H10O2. The van der Waals surface area contributed by atoms with Gasteiger partial charge in [-0.25, -0.2) is 0 Å². The summed E-state index contributed by atoms with van der Waals surface area (Å²) < 4.78 is 10.7. The lowest BCUT2D eigenvalue weighted by Crippen LogP contribution is -2.37. The highest BCUT2D eigenvalue weighted by molar-refractivity contribution is 4.96. The van der Waals surface area contributed by atoms with Gasteiger partial charge >= 0.3 is 0 Å². The Kier molecular flexibility index (Phi) is 0.887. The van der Waals surface area contributed by atoms with E-state index in [9.17, 15) is 0 Å². The highest BCUT2D eigenvalue weighted by atomic mass is 16.7. The Hall–Kier alpha value is -0.500. The van der Waals surface area contributed by atoms with Gasteiger partial charge < -0.3 is 9.47 Å². The highest BCUT2D eigenvalue weighted by Gasteiger charge is 2.44. The van der Waals surface area contributed by atoms with Gasteiger partial charge in [-0.3, -0.25) is 0 Å². The van der Waals surface area contributed by atoms with Crippen LogP contribution in [0.4, 0.5) is 0 Å². The molecule has 0 amide bonds. The molecule has 1 aliphatic heterocycles. The Labute approximate surface area is 54.5 Å². The lowest BCUT2D eigenvalue weighted by Gasteiger charge is -2.35. The summed E-state index contributed by atoms with van der Waals surface area (Å²) in [5.41, 5.74) is 0. The summed E-state index contributed by atoms with van der Waals surface area (Å²) in [7, 11) is 0. The van der Waals surface area contributed by atoms with E-state index in [-0.39, 0.29) is 5.79 Å². The zero-order valence-corrected chi connectivity index (χ0v) is 5.35. The van der Waals surface area contributed by atoms with Crippen LogP contribution in [0.1, 0.15) is 19.3 Å². The van der Waals surface area contributed by atoms with Crippen molar-refractivity contribution in [3.8, 4) is 0 Å². The zero-order valence-electron chi connectivity index (χ0n) is 5.35. The van der Waals surface area contributed by atoms with E-state index in [1.54, 1.807) is 0 Å². The molecule has 1 aliphatic carbocycles. The van der Waals surface area contributed by atoms with Crippen molar-refractivity contribution in [3.63, 3.8) is 0 Å². The van der Waals surface area contributed by atoms with Crippen LogP contribution < -0.4 is 0 Å². The first-order valence-corrected chi connectivity index (χ1v) is 3.32. The molecule has 1 saturated carbocycles. The minimum Gasteiger partial charge on any atom is -0.465 e. The molecule has 0 unspecified atom stereocenters. The largest absolute Gasteiger partial charge is 0.465 e. The molecule has 1 saturated heterocycles. The fraction of sp³-hybridized carbons (Fsp3) is 0.714. The van der Waals surface area contributed by atoms with Crippen molar-refractivity contribution in [1.82, 2.24) is 0 Å².